The summed E-state index contributed by atoms with van der Waals surface area (Å²) in [4.78, 5) is 6.44. The average Bonchev–Trinajstić information content (AvgIpc) is 2.61. The summed E-state index contributed by atoms with van der Waals surface area (Å²) in [6.07, 6.45) is 2.83. The molecule has 2 nitrogen and oxygen atoms in total. The van der Waals surface area contributed by atoms with E-state index in [0.717, 1.165) is 38.9 Å². The van der Waals surface area contributed by atoms with Crippen LogP contribution >= 0.6 is 0 Å². The van der Waals surface area contributed by atoms with Crippen LogP contribution in [0.2, 0.25) is 0 Å². The molecule has 0 aliphatic carbocycles. The van der Waals surface area contributed by atoms with Crippen LogP contribution in [-0.2, 0) is 19.1 Å². The summed E-state index contributed by atoms with van der Waals surface area (Å²) in [7, 11) is 0. The second-order valence-electron chi connectivity index (χ2n) is 6.79. The third-order valence-corrected chi connectivity index (χ3v) is 4.90. The second kappa shape index (κ2) is 8.00. The number of rotatable bonds is 5. The SMILES string of the molecule is FC(F)(F)c1ccccc1CC[C@@H]1CCCN(Cc2ccncc2)C1. The normalized spacial score (nSPS) is 19.1. The van der Waals surface area contributed by atoms with Crippen molar-refractivity contribution in [3.63, 3.8) is 0 Å². The maximum Gasteiger partial charge on any atom is 0.416 e. The molecule has 0 bridgehead atoms. The Kier molecular flexibility index (Phi) is 5.74. The highest BCUT2D eigenvalue weighted by molar-refractivity contribution is 5.29. The van der Waals surface area contributed by atoms with Gasteiger partial charge in [0.15, 0.2) is 0 Å². The molecule has 1 aromatic heterocycles. The number of alkyl halides is 3. The predicted molar refractivity (Wildman–Crippen MR) is 92.0 cm³/mol. The molecule has 5 heteroatoms. The Balaban J connectivity index is 1.57. The van der Waals surface area contributed by atoms with Crippen molar-refractivity contribution in [2.75, 3.05) is 13.1 Å². The van der Waals surface area contributed by atoms with Crippen molar-refractivity contribution < 1.29 is 13.2 Å². The number of hydrogen-bond donors (Lipinski definition) is 0. The van der Waals surface area contributed by atoms with Crippen LogP contribution in [0.25, 0.3) is 0 Å². The van der Waals surface area contributed by atoms with Gasteiger partial charge >= 0.3 is 6.18 Å². The summed E-state index contributed by atoms with van der Waals surface area (Å²) in [5, 5.41) is 0. The summed E-state index contributed by atoms with van der Waals surface area (Å²) in [5.41, 5.74) is 1.17. The lowest BCUT2D eigenvalue weighted by Crippen LogP contribution is -2.35. The second-order valence-corrected chi connectivity index (χ2v) is 6.79. The molecule has 0 amide bonds. The highest BCUT2D eigenvalue weighted by atomic mass is 19.4. The van der Waals surface area contributed by atoms with Gasteiger partial charge in [0, 0.05) is 25.5 Å². The Labute approximate surface area is 146 Å². The molecule has 1 aliphatic heterocycles. The summed E-state index contributed by atoms with van der Waals surface area (Å²) in [5.74, 6) is 0.455. The van der Waals surface area contributed by atoms with E-state index in [0.29, 0.717) is 17.9 Å². The van der Waals surface area contributed by atoms with Crippen LogP contribution in [0.5, 0.6) is 0 Å². The van der Waals surface area contributed by atoms with Crippen molar-refractivity contribution in [3.05, 3.63) is 65.5 Å². The van der Waals surface area contributed by atoms with Crippen molar-refractivity contribution in [1.29, 1.82) is 0 Å². The lowest BCUT2D eigenvalue weighted by Gasteiger charge is -2.33. The number of aromatic nitrogens is 1. The third kappa shape index (κ3) is 5.05. The van der Waals surface area contributed by atoms with Crippen LogP contribution < -0.4 is 0 Å². The van der Waals surface area contributed by atoms with E-state index in [1.807, 2.05) is 12.1 Å². The molecule has 0 unspecified atom stereocenters. The number of hydrogen-bond acceptors (Lipinski definition) is 2. The summed E-state index contributed by atoms with van der Waals surface area (Å²) >= 11 is 0. The predicted octanol–water partition coefficient (Wildman–Crippen LogP) is 4.95. The number of halogens is 3. The van der Waals surface area contributed by atoms with Gasteiger partial charge < -0.3 is 0 Å². The smallest absolute Gasteiger partial charge is 0.299 e. The first-order valence-corrected chi connectivity index (χ1v) is 8.79. The molecule has 1 fully saturated rings. The topological polar surface area (TPSA) is 16.1 Å². The van der Waals surface area contributed by atoms with E-state index < -0.39 is 11.7 Å². The van der Waals surface area contributed by atoms with Crippen LogP contribution in [0.3, 0.4) is 0 Å². The minimum Gasteiger partial charge on any atom is -0.299 e. The number of aryl methyl sites for hydroxylation is 1. The van der Waals surface area contributed by atoms with E-state index in [1.165, 1.54) is 17.7 Å². The Morgan fingerprint density at radius 1 is 1.08 bits per heavy atom. The molecular formula is C20H23F3N2. The first kappa shape index (κ1) is 17.9. The fourth-order valence-corrected chi connectivity index (χ4v) is 3.65. The van der Waals surface area contributed by atoms with E-state index in [-0.39, 0.29) is 0 Å². The van der Waals surface area contributed by atoms with Gasteiger partial charge in [0.2, 0.25) is 0 Å². The average molecular weight is 348 g/mol. The van der Waals surface area contributed by atoms with Gasteiger partial charge in [-0.3, -0.25) is 9.88 Å². The molecule has 2 aromatic rings. The number of pyridine rings is 1. The Morgan fingerprint density at radius 2 is 1.84 bits per heavy atom. The van der Waals surface area contributed by atoms with Crippen LogP contribution in [0.15, 0.2) is 48.8 Å². The van der Waals surface area contributed by atoms with E-state index in [2.05, 4.69) is 9.88 Å². The van der Waals surface area contributed by atoms with Gasteiger partial charge in [-0.15, -0.1) is 0 Å². The molecule has 134 valence electrons. The van der Waals surface area contributed by atoms with E-state index in [1.54, 1.807) is 24.5 Å². The molecule has 2 heterocycles. The van der Waals surface area contributed by atoms with Crippen molar-refractivity contribution in [1.82, 2.24) is 9.88 Å². The van der Waals surface area contributed by atoms with Crippen molar-refractivity contribution in [3.8, 4) is 0 Å². The lowest BCUT2D eigenvalue weighted by atomic mass is 9.90. The molecule has 0 saturated carbocycles. The Hall–Kier alpha value is -1.88. The summed E-state index contributed by atoms with van der Waals surface area (Å²) in [6, 6.07) is 9.99. The van der Waals surface area contributed by atoms with Crippen molar-refractivity contribution in [2.24, 2.45) is 5.92 Å². The van der Waals surface area contributed by atoms with E-state index >= 15 is 0 Å². The summed E-state index contributed by atoms with van der Waals surface area (Å²) < 4.78 is 39.3. The quantitative estimate of drug-likeness (QED) is 0.760. The van der Waals surface area contributed by atoms with Crippen molar-refractivity contribution in [2.45, 2.75) is 38.4 Å². The molecule has 1 atom stereocenters. The van der Waals surface area contributed by atoms with Gasteiger partial charge in [0.05, 0.1) is 5.56 Å². The highest BCUT2D eigenvalue weighted by Crippen LogP contribution is 2.33. The molecule has 0 spiro atoms. The fourth-order valence-electron chi connectivity index (χ4n) is 3.65. The molecule has 1 saturated heterocycles. The van der Waals surface area contributed by atoms with Gasteiger partial charge in [-0.25, -0.2) is 0 Å². The Morgan fingerprint density at radius 3 is 2.60 bits per heavy atom. The van der Waals surface area contributed by atoms with Gasteiger partial charge in [-0.1, -0.05) is 18.2 Å². The number of benzene rings is 1. The highest BCUT2D eigenvalue weighted by Gasteiger charge is 2.33. The number of piperidine rings is 1. The minimum atomic E-state index is -4.27. The zero-order valence-electron chi connectivity index (χ0n) is 14.2. The van der Waals surface area contributed by atoms with Gasteiger partial charge in [-0.2, -0.15) is 13.2 Å². The fraction of sp³-hybridized carbons (Fsp3) is 0.450. The minimum absolute atomic E-state index is 0.418. The van der Waals surface area contributed by atoms with Crippen LogP contribution in [0, 0.1) is 5.92 Å². The van der Waals surface area contributed by atoms with Gasteiger partial charge in [-0.05, 0) is 67.5 Å². The molecule has 0 N–H and O–H groups in total. The zero-order chi connectivity index (χ0) is 17.7. The zero-order valence-corrected chi connectivity index (χ0v) is 14.2. The number of likely N-dealkylation sites (tertiary alicyclic amines) is 1. The first-order valence-electron chi connectivity index (χ1n) is 8.79. The Bertz CT molecular complexity index is 670. The van der Waals surface area contributed by atoms with Crippen LogP contribution in [-0.4, -0.2) is 23.0 Å². The molecule has 0 radical (unpaired) electrons. The maximum absolute atomic E-state index is 13.1. The maximum atomic E-state index is 13.1. The van der Waals surface area contributed by atoms with Crippen LogP contribution in [0.1, 0.15) is 36.0 Å². The first-order chi connectivity index (χ1) is 12.0. The molecular weight excluding hydrogens is 325 g/mol. The summed E-state index contributed by atoms with van der Waals surface area (Å²) in [6.45, 7) is 2.90. The molecule has 3 rings (SSSR count). The van der Waals surface area contributed by atoms with Gasteiger partial charge in [0.1, 0.15) is 0 Å². The van der Waals surface area contributed by atoms with Gasteiger partial charge in [0.25, 0.3) is 0 Å². The molecule has 1 aliphatic rings. The lowest BCUT2D eigenvalue weighted by molar-refractivity contribution is -0.138. The standard InChI is InChI=1S/C20H23F3N2/c21-20(22,23)19-6-2-1-5-18(19)8-7-16-4-3-13-25(14-16)15-17-9-11-24-12-10-17/h1-2,5-6,9-12,16H,3-4,7-8,13-15H2/t16-/m0/s1. The number of nitrogens with zero attached hydrogens (tertiary/aromatic N) is 2. The van der Waals surface area contributed by atoms with Crippen LogP contribution in [0.4, 0.5) is 13.2 Å². The van der Waals surface area contributed by atoms with E-state index in [9.17, 15) is 13.2 Å². The molecule has 1 aromatic carbocycles. The monoisotopic (exact) mass is 348 g/mol. The van der Waals surface area contributed by atoms with Crippen molar-refractivity contribution >= 4 is 0 Å². The largest absolute Gasteiger partial charge is 0.416 e. The third-order valence-electron chi connectivity index (χ3n) is 4.90. The molecule has 25 heavy (non-hydrogen) atoms. The van der Waals surface area contributed by atoms with E-state index in [4.69, 9.17) is 0 Å².